The summed E-state index contributed by atoms with van der Waals surface area (Å²) in [5, 5.41) is 2.16. The number of benzene rings is 1. The fraction of sp³-hybridized carbons (Fsp3) is 0.222. The fourth-order valence-electron chi connectivity index (χ4n) is 2.47. The number of nitrogens with zero attached hydrogens (tertiary/aromatic N) is 2. The quantitative estimate of drug-likeness (QED) is 0.801. The zero-order valence-electron chi connectivity index (χ0n) is 13.2. The zero-order chi connectivity index (χ0) is 16.4. The molecule has 3 aromatic rings. The van der Waals surface area contributed by atoms with Crippen molar-refractivity contribution in [1.29, 1.82) is 0 Å². The van der Waals surface area contributed by atoms with E-state index in [2.05, 4.69) is 47.6 Å². The maximum atomic E-state index is 11.8. The van der Waals surface area contributed by atoms with Gasteiger partial charge in [-0.3, -0.25) is 9.36 Å². The minimum atomic E-state index is -0.115. The number of anilines is 1. The van der Waals surface area contributed by atoms with Gasteiger partial charge in [-0.15, -0.1) is 11.3 Å². The summed E-state index contributed by atoms with van der Waals surface area (Å²) < 4.78 is 1.35. The van der Waals surface area contributed by atoms with Gasteiger partial charge in [0.25, 0.3) is 5.56 Å². The minimum absolute atomic E-state index is 0.115. The second-order valence-electron chi connectivity index (χ2n) is 5.69. The lowest BCUT2D eigenvalue weighted by Crippen LogP contribution is -2.21. The number of aromatic nitrogens is 2. The molecule has 1 aromatic carbocycles. The molecule has 2 N–H and O–H groups in total. The standard InChI is InChI=1S/C18H19N3OS/c1-12-8-16(23-11-12)14-5-3-4-13(9-14)6-7-15-10-17(22)21(2)18(19)20-15/h3-5,8-11H,6-7H2,1-2H3,(H2,19,20). The average Bonchev–Trinajstić information content (AvgIpc) is 2.97. The van der Waals surface area contributed by atoms with Gasteiger partial charge in [-0.25, -0.2) is 4.98 Å². The van der Waals surface area contributed by atoms with E-state index in [4.69, 9.17) is 5.73 Å². The Morgan fingerprint density at radius 1 is 1.22 bits per heavy atom. The summed E-state index contributed by atoms with van der Waals surface area (Å²) in [6.07, 6.45) is 1.53. The first-order chi connectivity index (χ1) is 11.0. The third-order valence-electron chi connectivity index (χ3n) is 3.83. The van der Waals surface area contributed by atoms with Crippen molar-refractivity contribution in [1.82, 2.24) is 9.55 Å². The topological polar surface area (TPSA) is 60.9 Å². The molecule has 2 aromatic heterocycles. The lowest BCUT2D eigenvalue weighted by molar-refractivity contribution is 0.806. The molecule has 0 saturated carbocycles. The Morgan fingerprint density at radius 3 is 2.74 bits per heavy atom. The lowest BCUT2D eigenvalue weighted by Gasteiger charge is -2.06. The molecule has 118 valence electrons. The minimum Gasteiger partial charge on any atom is -0.369 e. The zero-order valence-corrected chi connectivity index (χ0v) is 14.1. The van der Waals surface area contributed by atoms with Crippen LogP contribution in [0.15, 0.2) is 46.6 Å². The molecule has 23 heavy (non-hydrogen) atoms. The van der Waals surface area contributed by atoms with Gasteiger partial charge in [-0.05, 0) is 47.9 Å². The summed E-state index contributed by atoms with van der Waals surface area (Å²) in [6.45, 7) is 2.11. The van der Waals surface area contributed by atoms with E-state index in [0.717, 1.165) is 12.1 Å². The van der Waals surface area contributed by atoms with Crippen molar-refractivity contribution < 1.29 is 0 Å². The van der Waals surface area contributed by atoms with Crippen LogP contribution in [0.25, 0.3) is 10.4 Å². The molecule has 3 rings (SSSR count). The van der Waals surface area contributed by atoms with Crippen molar-refractivity contribution in [3.8, 4) is 10.4 Å². The van der Waals surface area contributed by atoms with E-state index in [1.165, 1.54) is 26.1 Å². The van der Waals surface area contributed by atoms with Crippen LogP contribution in [0.2, 0.25) is 0 Å². The SMILES string of the molecule is Cc1csc(-c2cccc(CCc3cc(=O)n(C)c(N)n3)c2)c1. The first kappa shape index (κ1) is 15.5. The van der Waals surface area contributed by atoms with Gasteiger partial charge in [-0.2, -0.15) is 0 Å². The van der Waals surface area contributed by atoms with Crippen molar-refractivity contribution in [3.63, 3.8) is 0 Å². The monoisotopic (exact) mass is 325 g/mol. The summed E-state index contributed by atoms with van der Waals surface area (Å²) in [5.74, 6) is 0.260. The highest BCUT2D eigenvalue weighted by molar-refractivity contribution is 7.13. The van der Waals surface area contributed by atoms with E-state index in [-0.39, 0.29) is 11.5 Å². The number of hydrogen-bond donors (Lipinski definition) is 1. The van der Waals surface area contributed by atoms with E-state index in [1.54, 1.807) is 24.5 Å². The number of aryl methyl sites for hydroxylation is 3. The first-order valence-electron chi connectivity index (χ1n) is 7.50. The van der Waals surface area contributed by atoms with Crippen LogP contribution in [0.3, 0.4) is 0 Å². The maximum Gasteiger partial charge on any atom is 0.254 e. The second-order valence-corrected chi connectivity index (χ2v) is 6.60. The molecule has 0 saturated heterocycles. The molecule has 0 aliphatic heterocycles. The molecule has 5 heteroatoms. The van der Waals surface area contributed by atoms with Crippen LogP contribution in [0, 0.1) is 6.92 Å². The van der Waals surface area contributed by atoms with E-state index >= 15 is 0 Å². The number of hydrogen-bond acceptors (Lipinski definition) is 4. The molecule has 0 fully saturated rings. The van der Waals surface area contributed by atoms with Crippen LogP contribution in [0.1, 0.15) is 16.8 Å². The van der Waals surface area contributed by atoms with Gasteiger partial charge in [0.2, 0.25) is 5.95 Å². The molecular formula is C18H19N3OS. The smallest absolute Gasteiger partial charge is 0.254 e. The number of rotatable bonds is 4. The summed E-state index contributed by atoms with van der Waals surface area (Å²) in [6, 6.07) is 12.3. The van der Waals surface area contributed by atoms with E-state index in [1.807, 2.05) is 0 Å². The highest BCUT2D eigenvalue weighted by Gasteiger charge is 2.05. The number of nitrogen functional groups attached to an aromatic ring is 1. The van der Waals surface area contributed by atoms with Gasteiger partial charge < -0.3 is 5.73 Å². The molecule has 0 amide bonds. The van der Waals surface area contributed by atoms with Crippen LogP contribution in [-0.4, -0.2) is 9.55 Å². The van der Waals surface area contributed by atoms with Gasteiger partial charge in [0.05, 0.1) is 5.69 Å². The molecular weight excluding hydrogens is 306 g/mol. The van der Waals surface area contributed by atoms with Crippen molar-refractivity contribution in [2.45, 2.75) is 19.8 Å². The maximum absolute atomic E-state index is 11.8. The largest absolute Gasteiger partial charge is 0.369 e. The Hall–Kier alpha value is -2.40. The average molecular weight is 325 g/mol. The Kier molecular flexibility index (Phi) is 4.30. The van der Waals surface area contributed by atoms with Gasteiger partial charge in [0.15, 0.2) is 0 Å². The van der Waals surface area contributed by atoms with Crippen molar-refractivity contribution in [2.24, 2.45) is 7.05 Å². The van der Waals surface area contributed by atoms with Gasteiger partial charge >= 0.3 is 0 Å². The third kappa shape index (κ3) is 3.51. The van der Waals surface area contributed by atoms with Gasteiger partial charge in [0, 0.05) is 18.0 Å². The molecule has 4 nitrogen and oxygen atoms in total. The Bertz CT molecular complexity index is 895. The predicted molar refractivity (Wildman–Crippen MR) is 95.8 cm³/mol. The number of thiophene rings is 1. The highest BCUT2D eigenvalue weighted by Crippen LogP contribution is 2.27. The summed E-state index contributed by atoms with van der Waals surface area (Å²) in [5.41, 5.74) is 10.1. The molecule has 0 unspecified atom stereocenters. The molecule has 0 spiro atoms. The van der Waals surface area contributed by atoms with Crippen LogP contribution in [0.5, 0.6) is 0 Å². The van der Waals surface area contributed by atoms with Crippen molar-refractivity contribution in [2.75, 3.05) is 5.73 Å². The van der Waals surface area contributed by atoms with Crippen LogP contribution in [0.4, 0.5) is 5.95 Å². The molecule has 0 aliphatic rings. The first-order valence-corrected chi connectivity index (χ1v) is 8.38. The summed E-state index contributed by atoms with van der Waals surface area (Å²) in [7, 11) is 1.63. The molecule has 2 heterocycles. The second kappa shape index (κ2) is 6.38. The molecule has 0 aliphatic carbocycles. The van der Waals surface area contributed by atoms with Crippen LogP contribution >= 0.6 is 11.3 Å². The molecule has 0 bridgehead atoms. The Balaban J connectivity index is 1.77. The molecule has 0 radical (unpaired) electrons. The summed E-state index contributed by atoms with van der Waals surface area (Å²) >= 11 is 1.76. The van der Waals surface area contributed by atoms with E-state index in [0.29, 0.717) is 6.42 Å². The van der Waals surface area contributed by atoms with Crippen molar-refractivity contribution in [3.05, 3.63) is 69.0 Å². The number of nitrogens with two attached hydrogens (primary N) is 1. The van der Waals surface area contributed by atoms with Gasteiger partial charge in [0.1, 0.15) is 0 Å². The Morgan fingerprint density at radius 2 is 2.04 bits per heavy atom. The lowest BCUT2D eigenvalue weighted by atomic mass is 10.0. The van der Waals surface area contributed by atoms with Gasteiger partial charge in [-0.1, -0.05) is 24.3 Å². The third-order valence-corrected chi connectivity index (χ3v) is 4.93. The predicted octanol–water partition coefficient (Wildman–Crippen LogP) is 3.18. The fourth-order valence-corrected chi connectivity index (χ4v) is 3.37. The van der Waals surface area contributed by atoms with Crippen LogP contribution < -0.4 is 11.3 Å². The normalized spacial score (nSPS) is 10.9. The highest BCUT2D eigenvalue weighted by atomic mass is 32.1. The van der Waals surface area contributed by atoms with E-state index < -0.39 is 0 Å². The van der Waals surface area contributed by atoms with Crippen LogP contribution in [-0.2, 0) is 19.9 Å². The summed E-state index contributed by atoms with van der Waals surface area (Å²) in [4.78, 5) is 17.3. The Labute approximate surface area is 139 Å². The van der Waals surface area contributed by atoms with Crippen molar-refractivity contribution >= 4 is 17.3 Å². The molecule has 0 atom stereocenters. The van der Waals surface area contributed by atoms with E-state index in [9.17, 15) is 4.79 Å².